The van der Waals surface area contributed by atoms with E-state index in [0.717, 1.165) is 0 Å². The van der Waals surface area contributed by atoms with E-state index in [1.807, 2.05) is 0 Å². The van der Waals surface area contributed by atoms with Gasteiger partial charge in [-0.1, -0.05) is 23.8 Å². The zero-order valence-electron chi connectivity index (χ0n) is 9.19. The summed E-state index contributed by atoms with van der Waals surface area (Å²) in [5.41, 5.74) is 6.14. The van der Waals surface area contributed by atoms with Crippen molar-refractivity contribution >= 4 is 28.8 Å². The van der Waals surface area contributed by atoms with E-state index in [1.165, 1.54) is 24.3 Å². The summed E-state index contributed by atoms with van der Waals surface area (Å²) < 4.78 is 18.4. The summed E-state index contributed by atoms with van der Waals surface area (Å²) in [5.74, 6) is 0.655. The Morgan fingerprint density at radius 1 is 1.17 bits per heavy atom. The normalized spacial score (nSPS) is 10.1. The quantitative estimate of drug-likeness (QED) is 0.867. The second-order valence-corrected chi connectivity index (χ2v) is 4.44. The Labute approximate surface area is 114 Å². The molecule has 2 aromatic carbocycles. The molecule has 0 saturated carbocycles. The fourth-order valence-electron chi connectivity index (χ4n) is 1.41. The fourth-order valence-corrected chi connectivity index (χ4v) is 1.74. The molecule has 0 aliphatic heterocycles. The minimum atomic E-state index is -0.326. The first-order valence-electron chi connectivity index (χ1n) is 5.09. The van der Waals surface area contributed by atoms with Gasteiger partial charge in [0.15, 0.2) is 0 Å². The van der Waals surface area contributed by atoms with Crippen LogP contribution in [0.3, 0.4) is 0 Å². The molecule has 0 radical (unpaired) electrons. The van der Waals surface area contributed by atoms with Gasteiger partial charge in [0.05, 0.1) is 5.56 Å². The van der Waals surface area contributed by atoms with Crippen molar-refractivity contribution in [3.05, 3.63) is 58.9 Å². The topological polar surface area (TPSA) is 35.2 Å². The summed E-state index contributed by atoms with van der Waals surface area (Å²) in [6.07, 6.45) is 0. The Kier molecular flexibility index (Phi) is 3.79. The number of rotatable bonds is 3. The van der Waals surface area contributed by atoms with Crippen LogP contribution in [0, 0.1) is 5.82 Å². The third kappa shape index (κ3) is 2.97. The molecular formula is C13H9ClFNOS. The standard InChI is InChI=1S/C13H9ClFNOS/c14-8-1-6-12(11(7-8)13(16)18)17-10-4-2-9(15)3-5-10/h1-7H,(H2,16,18). The van der Waals surface area contributed by atoms with Gasteiger partial charge in [-0.3, -0.25) is 0 Å². The Bertz CT molecular complexity index is 586. The summed E-state index contributed by atoms with van der Waals surface area (Å²) in [7, 11) is 0. The molecule has 0 spiro atoms. The monoisotopic (exact) mass is 281 g/mol. The van der Waals surface area contributed by atoms with E-state index in [1.54, 1.807) is 18.2 Å². The fraction of sp³-hybridized carbons (Fsp3) is 0. The molecule has 0 atom stereocenters. The van der Waals surface area contributed by atoms with Crippen molar-refractivity contribution in [1.29, 1.82) is 0 Å². The largest absolute Gasteiger partial charge is 0.457 e. The SMILES string of the molecule is NC(=S)c1cc(Cl)ccc1Oc1ccc(F)cc1. The van der Waals surface area contributed by atoms with Crippen molar-refractivity contribution in [3.63, 3.8) is 0 Å². The smallest absolute Gasteiger partial charge is 0.137 e. The third-order valence-corrected chi connectivity index (χ3v) is 2.70. The van der Waals surface area contributed by atoms with E-state index in [2.05, 4.69) is 0 Å². The Balaban J connectivity index is 2.34. The molecule has 0 aliphatic carbocycles. The lowest BCUT2D eigenvalue weighted by Crippen LogP contribution is -2.10. The molecule has 0 aliphatic rings. The van der Waals surface area contributed by atoms with Gasteiger partial charge in [-0.25, -0.2) is 4.39 Å². The molecule has 2 rings (SSSR count). The second kappa shape index (κ2) is 5.33. The first-order valence-corrected chi connectivity index (χ1v) is 5.87. The van der Waals surface area contributed by atoms with Crippen LogP contribution in [0.4, 0.5) is 4.39 Å². The molecule has 92 valence electrons. The Morgan fingerprint density at radius 2 is 1.83 bits per heavy atom. The molecule has 2 nitrogen and oxygen atoms in total. The van der Waals surface area contributed by atoms with Crippen LogP contribution < -0.4 is 10.5 Å². The van der Waals surface area contributed by atoms with Crippen molar-refractivity contribution in [2.75, 3.05) is 0 Å². The first kappa shape index (κ1) is 12.8. The molecular weight excluding hydrogens is 273 g/mol. The van der Waals surface area contributed by atoms with E-state index in [4.69, 9.17) is 34.3 Å². The van der Waals surface area contributed by atoms with Gasteiger partial charge in [0.25, 0.3) is 0 Å². The zero-order valence-corrected chi connectivity index (χ0v) is 10.8. The van der Waals surface area contributed by atoms with E-state index in [9.17, 15) is 4.39 Å². The van der Waals surface area contributed by atoms with Crippen LogP contribution in [0.15, 0.2) is 42.5 Å². The van der Waals surface area contributed by atoms with Crippen molar-refractivity contribution in [1.82, 2.24) is 0 Å². The minimum Gasteiger partial charge on any atom is -0.457 e. The number of thiocarbonyl (C=S) groups is 1. The molecule has 0 fully saturated rings. The van der Waals surface area contributed by atoms with E-state index in [0.29, 0.717) is 22.1 Å². The molecule has 0 unspecified atom stereocenters. The molecule has 0 heterocycles. The highest BCUT2D eigenvalue weighted by molar-refractivity contribution is 7.80. The molecule has 2 aromatic rings. The lowest BCUT2D eigenvalue weighted by atomic mass is 10.2. The third-order valence-electron chi connectivity index (χ3n) is 2.25. The molecule has 18 heavy (non-hydrogen) atoms. The van der Waals surface area contributed by atoms with Crippen LogP contribution in [-0.4, -0.2) is 4.99 Å². The summed E-state index contributed by atoms with van der Waals surface area (Å²) in [6, 6.07) is 10.6. The van der Waals surface area contributed by atoms with Gasteiger partial charge < -0.3 is 10.5 Å². The summed E-state index contributed by atoms with van der Waals surface area (Å²) in [6.45, 7) is 0. The van der Waals surface area contributed by atoms with Crippen LogP contribution >= 0.6 is 23.8 Å². The van der Waals surface area contributed by atoms with Crippen molar-refractivity contribution < 1.29 is 9.13 Å². The predicted molar refractivity (Wildman–Crippen MR) is 73.8 cm³/mol. The minimum absolute atomic E-state index is 0.189. The van der Waals surface area contributed by atoms with Gasteiger partial charge >= 0.3 is 0 Å². The number of nitrogens with two attached hydrogens (primary N) is 1. The van der Waals surface area contributed by atoms with E-state index in [-0.39, 0.29) is 10.8 Å². The van der Waals surface area contributed by atoms with Gasteiger partial charge in [-0.05, 0) is 42.5 Å². The maximum atomic E-state index is 12.8. The highest BCUT2D eigenvalue weighted by atomic mass is 35.5. The molecule has 0 aromatic heterocycles. The number of ether oxygens (including phenoxy) is 1. The van der Waals surface area contributed by atoms with Crippen molar-refractivity contribution in [2.24, 2.45) is 5.73 Å². The van der Waals surface area contributed by atoms with Crippen LogP contribution in [-0.2, 0) is 0 Å². The number of halogens is 2. The van der Waals surface area contributed by atoms with Crippen LogP contribution in [0.25, 0.3) is 0 Å². The molecule has 5 heteroatoms. The second-order valence-electron chi connectivity index (χ2n) is 3.56. The molecule has 0 saturated heterocycles. The summed E-state index contributed by atoms with van der Waals surface area (Å²) >= 11 is 10.8. The van der Waals surface area contributed by atoms with Gasteiger partial charge in [0.2, 0.25) is 0 Å². The van der Waals surface area contributed by atoms with Gasteiger partial charge in [0.1, 0.15) is 22.3 Å². The zero-order chi connectivity index (χ0) is 13.1. The molecule has 0 bridgehead atoms. The summed E-state index contributed by atoms with van der Waals surface area (Å²) in [5, 5.41) is 0.518. The molecule has 0 amide bonds. The average Bonchev–Trinajstić information content (AvgIpc) is 2.34. The Hall–Kier alpha value is -1.65. The van der Waals surface area contributed by atoms with Crippen LogP contribution in [0.2, 0.25) is 5.02 Å². The maximum absolute atomic E-state index is 12.8. The lowest BCUT2D eigenvalue weighted by Gasteiger charge is -2.10. The number of hydrogen-bond donors (Lipinski definition) is 1. The van der Waals surface area contributed by atoms with Crippen LogP contribution in [0.1, 0.15) is 5.56 Å². The highest BCUT2D eigenvalue weighted by Gasteiger charge is 2.08. The highest BCUT2D eigenvalue weighted by Crippen LogP contribution is 2.27. The maximum Gasteiger partial charge on any atom is 0.137 e. The summed E-state index contributed by atoms with van der Waals surface area (Å²) in [4.78, 5) is 0.189. The van der Waals surface area contributed by atoms with E-state index >= 15 is 0 Å². The van der Waals surface area contributed by atoms with Crippen LogP contribution in [0.5, 0.6) is 11.5 Å². The van der Waals surface area contributed by atoms with Gasteiger partial charge in [-0.2, -0.15) is 0 Å². The predicted octanol–water partition coefficient (Wildman–Crippen LogP) is 3.91. The Morgan fingerprint density at radius 3 is 2.44 bits per heavy atom. The van der Waals surface area contributed by atoms with Crippen molar-refractivity contribution in [3.8, 4) is 11.5 Å². The van der Waals surface area contributed by atoms with Crippen molar-refractivity contribution in [2.45, 2.75) is 0 Å². The first-order chi connectivity index (χ1) is 8.56. The molecule has 2 N–H and O–H groups in total. The average molecular weight is 282 g/mol. The van der Waals surface area contributed by atoms with E-state index < -0.39 is 0 Å². The van der Waals surface area contributed by atoms with Gasteiger partial charge in [-0.15, -0.1) is 0 Å². The number of hydrogen-bond acceptors (Lipinski definition) is 2. The van der Waals surface area contributed by atoms with Gasteiger partial charge in [0, 0.05) is 5.02 Å². The lowest BCUT2D eigenvalue weighted by molar-refractivity contribution is 0.479. The number of benzene rings is 2.